The lowest BCUT2D eigenvalue weighted by Gasteiger charge is -2.34. The van der Waals surface area contributed by atoms with Crippen LogP contribution in [0.4, 0.5) is 4.39 Å². The van der Waals surface area contributed by atoms with E-state index < -0.39 is 0 Å². The van der Waals surface area contributed by atoms with E-state index in [4.69, 9.17) is 25.8 Å². The number of nitrogens with zero attached hydrogens (tertiary/aromatic N) is 3. The molecule has 1 aliphatic rings. The molecule has 2 heterocycles. The minimum Gasteiger partial charge on any atom is -0.493 e. The van der Waals surface area contributed by atoms with Crippen molar-refractivity contribution in [1.82, 2.24) is 14.8 Å². The van der Waals surface area contributed by atoms with Crippen LogP contribution in [0.15, 0.2) is 103 Å². The van der Waals surface area contributed by atoms with Gasteiger partial charge in [-0.3, -0.25) is 9.69 Å². The van der Waals surface area contributed by atoms with E-state index >= 15 is 0 Å². The summed E-state index contributed by atoms with van der Waals surface area (Å²) in [5.74, 6) is 1.99. The molecule has 52 heavy (non-hydrogen) atoms. The number of aryl methyl sites for hydroxylation is 2. The monoisotopic (exact) mass is 719 g/mol. The maximum absolute atomic E-state index is 13.8. The standard InChI is InChI=1S/C43H43ClFN3O4/c1-30-7-14-37(15-8-30)50-24-19-33-9-11-34(12-10-33)28-47-20-22-48(23-21-47)42(49)18-13-35-25-31(2)43(39(44)26-35)52-41-17-16-38(27-46-41)51-29-36-5-4-6-40(45)32(36)3/h4-18,25-27H,19-24,28-29H2,1-3H3/b18-13+. The molecule has 1 aromatic heterocycles. The van der Waals surface area contributed by atoms with Crippen molar-refractivity contribution >= 4 is 23.6 Å². The third-order valence-corrected chi connectivity index (χ3v) is 9.43. The van der Waals surface area contributed by atoms with Gasteiger partial charge in [-0.1, -0.05) is 65.7 Å². The number of hydrogen-bond donors (Lipinski definition) is 0. The summed E-state index contributed by atoms with van der Waals surface area (Å²) < 4.78 is 31.5. The molecule has 9 heteroatoms. The highest BCUT2D eigenvalue weighted by molar-refractivity contribution is 6.32. The van der Waals surface area contributed by atoms with Crippen LogP contribution in [0.1, 0.15) is 38.9 Å². The lowest BCUT2D eigenvalue weighted by molar-refractivity contribution is -0.127. The second kappa shape index (κ2) is 17.4. The van der Waals surface area contributed by atoms with Crippen LogP contribution in [-0.4, -0.2) is 53.5 Å². The summed E-state index contributed by atoms with van der Waals surface area (Å²) in [6.07, 6.45) is 5.80. The normalized spacial score (nSPS) is 13.4. The largest absolute Gasteiger partial charge is 0.493 e. The second-order valence-corrected chi connectivity index (χ2v) is 13.5. The van der Waals surface area contributed by atoms with Gasteiger partial charge in [0.25, 0.3) is 0 Å². The average Bonchev–Trinajstić information content (AvgIpc) is 3.15. The highest BCUT2D eigenvalue weighted by Gasteiger charge is 2.20. The topological polar surface area (TPSA) is 64.1 Å². The molecule has 7 nitrogen and oxygen atoms in total. The van der Waals surface area contributed by atoms with Gasteiger partial charge < -0.3 is 19.1 Å². The summed E-state index contributed by atoms with van der Waals surface area (Å²) in [7, 11) is 0. The van der Waals surface area contributed by atoms with Crippen molar-refractivity contribution in [2.75, 3.05) is 32.8 Å². The van der Waals surface area contributed by atoms with Gasteiger partial charge in [-0.15, -0.1) is 0 Å². The Morgan fingerprint density at radius 3 is 2.31 bits per heavy atom. The fourth-order valence-corrected chi connectivity index (χ4v) is 6.27. The minimum absolute atomic E-state index is 0.0231. The first kappa shape index (κ1) is 36.6. The zero-order valence-electron chi connectivity index (χ0n) is 29.8. The van der Waals surface area contributed by atoms with E-state index in [1.807, 2.05) is 36.1 Å². The van der Waals surface area contributed by atoms with Gasteiger partial charge in [-0.25, -0.2) is 9.37 Å². The Kier molecular flexibility index (Phi) is 12.2. The molecule has 0 saturated carbocycles. The number of pyridine rings is 1. The number of carbonyl (C=O) groups excluding carboxylic acids is 1. The van der Waals surface area contributed by atoms with Crippen LogP contribution in [0.5, 0.6) is 23.1 Å². The molecule has 1 aliphatic heterocycles. The lowest BCUT2D eigenvalue weighted by atomic mass is 10.1. The minimum atomic E-state index is -0.261. The van der Waals surface area contributed by atoms with Gasteiger partial charge in [-0.2, -0.15) is 0 Å². The summed E-state index contributed by atoms with van der Waals surface area (Å²) in [4.78, 5) is 21.7. The van der Waals surface area contributed by atoms with E-state index in [9.17, 15) is 9.18 Å². The van der Waals surface area contributed by atoms with Gasteiger partial charge >= 0.3 is 0 Å². The van der Waals surface area contributed by atoms with E-state index in [0.717, 1.165) is 48.5 Å². The molecule has 0 atom stereocenters. The number of halogens is 2. The van der Waals surface area contributed by atoms with Crippen LogP contribution in [0.25, 0.3) is 6.08 Å². The smallest absolute Gasteiger partial charge is 0.246 e. The molecular formula is C43H43ClFN3O4. The zero-order valence-corrected chi connectivity index (χ0v) is 30.5. The molecule has 268 valence electrons. The number of carbonyl (C=O) groups is 1. The lowest BCUT2D eigenvalue weighted by Crippen LogP contribution is -2.47. The molecule has 5 aromatic rings. The Morgan fingerprint density at radius 2 is 1.60 bits per heavy atom. The number of aromatic nitrogens is 1. The first-order valence-electron chi connectivity index (χ1n) is 17.5. The molecule has 0 radical (unpaired) electrons. The van der Waals surface area contributed by atoms with Crippen molar-refractivity contribution < 1.29 is 23.4 Å². The van der Waals surface area contributed by atoms with Crippen LogP contribution in [0.3, 0.4) is 0 Å². The molecule has 1 amide bonds. The van der Waals surface area contributed by atoms with E-state index in [1.54, 1.807) is 49.5 Å². The van der Waals surface area contributed by atoms with Gasteiger partial charge in [0, 0.05) is 51.3 Å². The van der Waals surface area contributed by atoms with Crippen LogP contribution in [0, 0.1) is 26.6 Å². The highest BCUT2D eigenvalue weighted by atomic mass is 35.5. The quantitative estimate of drug-likeness (QED) is 0.113. The highest BCUT2D eigenvalue weighted by Crippen LogP contribution is 2.34. The Labute approximate surface area is 310 Å². The molecule has 1 fully saturated rings. The number of rotatable bonds is 13. The third kappa shape index (κ3) is 9.99. The number of ether oxygens (including phenoxy) is 3. The van der Waals surface area contributed by atoms with Gasteiger partial charge in [0.15, 0.2) is 5.75 Å². The van der Waals surface area contributed by atoms with Crippen LogP contribution in [-0.2, 0) is 24.4 Å². The zero-order chi connectivity index (χ0) is 36.5. The maximum Gasteiger partial charge on any atom is 0.246 e. The molecule has 6 rings (SSSR count). The molecule has 0 spiro atoms. The molecule has 0 N–H and O–H groups in total. The fraction of sp³-hybridized carbons (Fsp3) is 0.256. The summed E-state index contributed by atoms with van der Waals surface area (Å²) in [6, 6.07) is 28.9. The Bertz CT molecular complexity index is 1970. The van der Waals surface area contributed by atoms with Crippen LogP contribution < -0.4 is 14.2 Å². The number of benzene rings is 4. The fourth-order valence-electron chi connectivity index (χ4n) is 5.96. The summed E-state index contributed by atoms with van der Waals surface area (Å²) in [5.41, 5.74) is 6.67. The van der Waals surface area contributed by atoms with Gasteiger partial charge in [0.1, 0.15) is 23.9 Å². The second-order valence-electron chi connectivity index (χ2n) is 13.1. The molecule has 0 aliphatic carbocycles. The van der Waals surface area contributed by atoms with Crippen LogP contribution in [0.2, 0.25) is 5.02 Å². The molecule has 0 unspecified atom stereocenters. The van der Waals surface area contributed by atoms with E-state index in [1.165, 1.54) is 22.8 Å². The van der Waals surface area contributed by atoms with Crippen molar-refractivity contribution in [2.24, 2.45) is 0 Å². The van der Waals surface area contributed by atoms with Gasteiger partial charge in [-0.05, 0) is 96.6 Å². The van der Waals surface area contributed by atoms with Crippen LogP contribution >= 0.6 is 11.6 Å². The van der Waals surface area contributed by atoms with E-state index in [-0.39, 0.29) is 18.3 Å². The summed E-state index contributed by atoms with van der Waals surface area (Å²) >= 11 is 6.62. The average molecular weight is 720 g/mol. The van der Waals surface area contributed by atoms with Gasteiger partial charge in [0.2, 0.25) is 11.8 Å². The predicted molar refractivity (Wildman–Crippen MR) is 204 cm³/mol. The van der Waals surface area contributed by atoms with Crippen molar-refractivity contribution in [1.29, 1.82) is 0 Å². The third-order valence-electron chi connectivity index (χ3n) is 9.15. The van der Waals surface area contributed by atoms with E-state index in [2.05, 4.69) is 53.2 Å². The van der Waals surface area contributed by atoms with Crippen molar-refractivity contribution in [3.8, 4) is 23.1 Å². The van der Waals surface area contributed by atoms with E-state index in [0.29, 0.717) is 47.7 Å². The molecular weight excluding hydrogens is 677 g/mol. The van der Waals surface area contributed by atoms with Gasteiger partial charge in [0.05, 0.1) is 17.8 Å². The Hall–Kier alpha value is -5.18. The van der Waals surface area contributed by atoms with Crippen molar-refractivity contribution in [3.05, 3.63) is 153 Å². The van der Waals surface area contributed by atoms with Crippen molar-refractivity contribution in [3.63, 3.8) is 0 Å². The Morgan fingerprint density at radius 1 is 0.865 bits per heavy atom. The SMILES string of the molecule is Cc1ccc(OCCc2ccc(CN3CCN(C(=O)/C=C/c4cc(C)c(Oc5ccc(OCc6cccc(F)c6C)cn5)c(Cl)c4)CC3)cc2)cc1. The summed E-state index contributed by atoms with van der Waals surface area (Å²) in [5, 5.41) is 0.410. The molecule has 4 aromatic carbocycles. The molecule has 1 saturated heterocycles. The first-order valence-corrected chi connectivity index (χ1v) is 17.9. The number of amides is 1. The summed E-state index contributed by atoms with van der Waals surface area (Å²) in [6.45, 7) is 10.4. The van der Waals surface area contributed by atoms with Crippen molar-refractivity contribution in [2.45, 2.75) is 40.3 Å². The number of piperazine rings is 1. The first-order chi connectivity index (χ1) is 25.2. The maximum atomic E-state index is 13.8. The number of hydrogen-bond acceptors (Lipinski definition) is 6. The molecule has 0 bridgehead atoms. The Balaban J connectivity index is 0.937. The predicted octanol–water partition coefficient (Wildman–Crippen LogP) is 9.15.